The molecule has 1 amide bonds. The summed E-state index contributed by atoms with van der Waals surface area (Å²) in [6.45, 7) is 8.65. The summed E-state index contributed by atoms with van der Waals surface area (Å²) in [5, 5.41) is 12.4. The van der Waals surface area contributed by atoms with E-state index in [0.29, 0.717) is 16.5 Å². The van der Waals surface area contributed by atoms with Crippen molar-refractivity contribution in [3.63, 3.8) is 0 Å². The number of carbonyl (C=O) groups excluding carboxylic acids is 2. The maximum atomic E-state index is 12.5. The number of hydrogen-bond donors (Lipinski definition) is 1. The Morgan fingerprint density at radius 2 is 2.04 bits per heavy atom. The minimum atomic E-state index is -0.380. The molecule has 3 rings (SSSR count). The van der Waals surface area contributed by atoms with Crippen LogP contribution in [-0.4, -0.2) is 34.9 Å². The number of nitrogens with zero attached hydrogens (tertiary/aromatic N) is 2. The molecule has 6 nitrogen and oxygen atoms in total. The summed E-state index contributed by atoms with van der Waals surface area (Å²) in [7, 11) is 1.38. The third kappa shape index (κ3) is 4.75. The molecule has 2 aromatic rings. The molecule has 152 valence electrons. The predicted octanol–water partition coefficient (Wildman–Crippen LogP) is 4.58. The summed E-state index contributed by atoms with van der Waals surface area (Å²) < 4.78 is 5.77. The van der Waals surface area contributed by atoms with E-state index in [2.05, 4.69) is 36.3 Å². The van der Waals surface area contributed by atoms with Gasteiger partial charge in [0.1, 0.15) is 10.0 Å². The van der Waals surface area contributed by atoms with Crippen molar-refractivity contribution in [3.8, 4) is 0 Å². The van der Waals surface area contributed by atoms with Crippen LogP contribution in [0.1, 0.15) is 53.0 Å². The van der Waals surface area contributed by atoms with Gasteiger partial charge in [0.2, 0.25) is 5.91 Å². The first-order chi connectivity index (χ1) is 13.2. The number of thiophene rings is 1. The van der Waals surface area contributed by atoms with Crippen LogP contribution >= 0.6 is 34.4 Å². The van der Waals surface area contributed by atoms with Gasteiger partial charge in [0.15, 0.2) is 4.34 Å². The zero-order valence-corrected chi connectivity index (χ0v) is 19.2. The standard InChI is InChI=1S/C19H25N3O3S3/c1-10-21-22-18(27-10)26-9-14(23)20-16-15(17(24)25-5)12-7-6-11(19(2,3)4)8-13(12)28-16/h11H,6-9H2,1-5H3,(H,20,23). The topological polar surface area (TPSA) is 81.2 Å². The minimum absolute atomic E-state index is 0.158. The Labute approximate surface area is 177 Å². The molecule has 1 N–H and O–H groups in total. The molecular formula is C19H25N3O3S3. The first kappa shape index (κ1) is 21.3. The van der Waals surface area contributed by atoms with Gasteiger partial charge in [-0.3, -0.25) is 4.79 Å². The molecule has 0 saturated heterocycles. The lowest BCUT2D eigenvalue weighted by Gasteiger charge is -2.33. The lowest BCUT2D eigenvalue weighted by atomic mass is 9.72. The summed E-state index contributed by atoms with van der Waals surface area (Å²) in [6, 6.07) is 0. The molecule has 0 fully saturated rings. The van der Waals surface area contributed by atoms with Gasteiger partial charge >= 0.3 is 5.97 Å². The molecule has 0 radical (unpaired) electrons. The number of hydrogen-bond acceptors (Lipinski definition) is 8. The van der Waals surface area contributed by atoms with Crippen molar-refractivity contribution < 1.29 is 14.3 Å². The van der Waals surface area contributed by atoms with Gasteiger partial charge in [-0.1, -0.05) is 43.9 Å². The highest BCUT2D eigenvalue weighted by molar-refractivity contribution is 8.01. The van der Waals surface area contributed by atoms with Gasteiger partial charge in [-0.05, 0) is 43.1 Å². The zero-order valence-electron chi connectivity index (χ0n) is 16.7. The number of aryl methyl sites for hydroxylation is 1. The van der Waals surface area contributed by atoms with E-state index >= 15 is 0 Å². The molecule has 0 aliphatic heterocycles. The average Bonchev–Trinajstić information content (AvgIpc) is 3.20. The number of ether oxygens (including phenoxy) is 1. The Kier molecular flexibility index (Phi) is 6.46. The van der Waals surface area contributed by atoms with E-state index in [0.717, 1.165) is 34.2 Å². The number of rotatable bonds is 5. The molecule has 0 saturated carbocycles. The van der Waals surface area contributed by atoms with Crippen molar-refractivity contribution >= 4 is 51.3 Å². The Morgan fingerprint density at radius 3 is 2.64 bits per heavy atom. The lowest BCUT2D eigenvalue weighted by molar-refractivity contribution is -0.113. The van der Waals surface area contributed by atoms with Crippen LogP contribution in [0.3, 0.4) is 0 Å². The molecule has 0 bridgehead atoms. The molecule has 0 spiro atoms. The van der Waals surface area contributed by atoms with Crippen LogP contribution < -0.4 is 5.32 Å². The number of carbonyl (C=O) groups is 2. The lowest BCUT2D eigenvalue weighted by Crippen LogP contribution is -2.26. The molecular weight excluding hydrogens is 414 g/mol. The second kappa shape index (κ2) is 8.51. The van der Waals surface area contributed by atoms with Crippen LogP contribution in [0.2, 0.25) is 0 Å². The Hall–Kier alpha value is -1.45. The number of esters is 1. The van der Waals surface area contributed by atoms with Gasteiger partial charge < -0.3 is 10.1 Å². The summed E-state index contributed by atoms with van der Waals surface area (Å²) >= 11 is 4.32. The van der Waals surface area contributed by atoms with Crippen molar-refractivity contribution in [1.29, 1.82) is 0 Å². The van der Waals surface area contributed by atoms with E-state index in [4.69, 9.17) is 4.74 Å². The fourth-order valence-electron chi connectivity index (χ4n) is 3.36. The van der Waals surface area contributed by atoms with Gasteiger partial charge in [0.05, 0.1) is 18.4 Å². The van der Waals surface area contributed by atoms with Gasteiger partial charge in [-0.25, -0.2) is 4.79 Å². The number of nitrogens with one attached hydrogen (secondary N) is 1. The second-order valence-electron chi connectivity index (χ2n) is 7.93. The Morgan fingerprint density at radius 1 is 1.29 bits per heavy atom. The highest BCUT2D eigenvalue weighted by Crippen LogP contribution is 2.44. The smallest absolute Gasteiger partial charge is 0.341 e. The van der Waals surface area contributed by atoms with Crippen LogP contribution in [0.25, 0.3) is 0 Å². The minimum Gasteiger partial charge on any atom is -0.465 e. The third-order valence-corrected chi connectivity index (χ3v) is 8.11. The van der Waals surface area contributed by atoms with Crippen molar-refractivity contribution in [2.75, 3.05) is 18.2 Å². The molecule has 2 heterocycles. The maximum Gasteiger partial charge on any atom is 0.341 e. The largest absolute Gasteiger partial charge is 0.465 e. The van der Waals surface area contributed by atoms with E-state index < -0.39 is 0 Å². The molecule has 1 aliphatic carbocycles. The normalized spacial score (nSPS) is 16.5. The second-order valence-corrected chi connectivity index (χ2v) is 11.4. The van der Waals surface area contributed by atoms with Crippen LogP contribution in [0, 0.1) is 18.3 Å². The van der Waals surface area contributed by atoms with Crippen molar-refractivity contribution in [1.82, 2.24) is 10.2 Å². The van der Waals surface area contributed by atoms with Crippen molar-refractivity contribution in [2.24, 2.45) is 11.3 Å². The molecule has 1 unspecified atom stereocenters. The van der Waals surface area contributed by atoms with E-state index in [1.54, 1.807) is 0 Å². The SMILES string of the molecule is COC(=O)c1c(NC(=O)CSc2nnc(C)s2)sc2c1CCC(C(C)(C)C)C2. The number of thioether (sulfide) groups is 1. The third-order valence-electron chi connectivity index (χ3n) is 4.97. The highest BCUT2D eigenvalue weighted by Gasteiger charge is 2.34. The van der Waals surface area contributed by atoms with Crippen LogP contribution in [-0.2, 0) is 22.4 Å². The zero-order chi connectivity index (χ0) is 20.5. The number of amides is 1. The first-order valence-electron chi connectivity index (χ1n) is 9.14. The number of anilines is 1. The van der Waals surface area contributed by atoms with E-state index in [1.807, 2.05) is 6.92 Å². The Bertz CT molecular complexity index is 883. The molecule has 1 aliphatic rings. The Balaban J connectivity index is 1.77. The van der Waals surface area contributed by atoms with E-state index in [9.17, 15) is 9.59 Å². The van der Waals surface area contributed by atoms with Gasteiger partial charge in [0, 0.05) is 4.88 Å². The average molecular weight is 440 g/mol. The number of fused-ring (bicyclic) bond motifs is 1. The maximum absolute atomic E-state index is 12.5. The van der Waals surface area contributed by atoms with Crippen LogP contribution in [0.5, 0.6) is 0 Å². The quantitative estimate of drug-likeness (QED) is 0.543. The van der Waals surface area contributed by atoms with Crippen LogP contribution in [0.15, 0.2) is 4.34 Å². The van der Waals surface area contributed by atoms with Gasteiger partial charge in [-0.2, -0.15) is 0 Å². The van der Waals surface area contributed by atoms with Crippen LogP contribution in [0.4, 0.5) is 5.00 Å². The predicted molar refractivity (Wildman–Crippen MR) is 115 cm³/mol. The summed E-state index contributed by atoms with van der Waals surface area (Å²) in [4.78, 5) is 26.1. The number of aromatic nitrogens is 2. The summed E-state index contributed by atoms with van der Waals surface area (Å²) in [5.41, 5.74) is 1.78. The molecule has 9 heteroatoms. The molecule has 0 aromatic carbocycles. The highest BCUT2D eigenvalue weighted by atomic mass is 32.2. The van der Waals surface area contributed by atoms with E-state index in [1.165, 1.54) is 46.4 Å². The number of methoxy groups -OCH3 is 1. The molecule has 2 aromatic heterocycles. The molecule has 28 heavy (non-hydrogen) atoms. The van der Waals surface area contributed by atoms with Gasteiger partial charge in [-0.15, -0.1) is 21.5 Å². The van der Waals surface area contributed by atoms with Crippen molar-refractivity contribution in [3.05, 3.63) is 21.0 Å². The summed E-state index contributed by atoms with van der Waals surface area (Å²) in [5.74, 6) is 0.245. The fraction of sp³-hybridized carbons (Fsp3) is 0.579. The molecule has 1 atom stereocenters. The first-order valence-corrected chi connectivity index (χ1v) is 11.8. The van der Waals surface area contributed by atoms with Gasteiger partial charge in [0.25, 0.3) is 0 Å². The van der Waals surface area contributed by atoms with Crippen molar-refractivity contribution in [2.45, 2.75) is 51.3 Å². The van der Waals surface area contributed by atoms with E-state index in [-0.39, 0.29) is 23.0 Å². The summed E-state index contributed by atoms with van der Waals surface area (Å²) in [6.07, 6.45) is 2.81. The monoisotopic (exact) mass is 439 g/mol. The fourth-order valence-corrected chi connectivity index (χ4v) is 6.31.